The van der Waals surface area contributed by atoms with Crippen molar-refractivity contribution in [2.24, 2.45) is 32.9 Å². The predicted molar refractivity (Wildman–Crippen MR) is 323 cm³/mol. The van der Waals surface area contributed by atoms with Crippen LogP contribution in [0.25, 0.3) is 0 Å². The second-order valence-corrected chi connectivity index (χ2v) is 19.3. The second-order valence-electron chi connectivity index (χ2n) is 19.3. The molecule has 0 unspecified atom stereocenters. The number of carboxylic acids is 4. The number of esters is 2. The molecule has 36 nitrogen and oxygen atoms in total. The molecule has 0 aliphatic heterocycles. The SMILES string of the molecule is NC(N)=Nc1ccc(C(=O)Oc2ccc(COC(=O)N[C@@H](CC(=O)O)C(=O)N[C@@H](CC(=O)O)C(=O)NCCOCCOCCOCCOCCNC(=O)[C@H](CC(=O)O)NC(=O)[C@H](CC(=O)O)NC(=O)OCc3ccc(OC(=O)c4ccc(N=C(N)N)cc4)cc3)cc2)cc1. The third-order valence-electron chi connectivity index (χ3n) is 11.9. The summed E-state index contributed by atoms with van der Waals surface area (Å²) in [5.41, 5.74) is 23.4. The molecule has 94 heavy (non-hydrogen) atoms. The van der Waals surface area contributed by atoms with Crippen LogP contribution in [0.15, 0.2) is 107 Å². The van der Waals surface area contributed by atoms with E-state index >= 15 is 0 Å². The van der Waals surface area contributed by atoms with Gasteiger partial charge in [-0.3, -0.25) is 38.4 Å². The zero-order valence-corrected chi connectivity index (χ0v) is 50.0. The highest BCUT2D eigenvalue weighted by molar-refractivity contribution is 5.96. The maximum Gasteiger partial charge on any atom is 0.408 e. The zero-order chi connectivity index (χ0) is 69.0. The molecule has 4 rings (SSSR count). The van der Waals surface area contributed by atoms with Crippen LogP contribution in [0, 0.1) is 0 Å². The zero-order valence-electron chi connectivity index (χ0n) is 50.0. The number of alkyl carbamates (subject to hydrolysis) is 2. The van der Waals surface area contributed by atoms with Crippen LogP contribution in [0.1, 0.15) is 57.5 Å². The van der Waals surface area contributed by atoms with Crippen molar-refractivity contribution in [1.29, 1.82) is 0 Å². The predicted octanol–water partition coefficient (Wildman–Crippen LogP) is -1.01. The Balaban J connectivity index is 1.06. The Bertz CT molecular complexity index is 3070. The number of guanidine groups is 2. The number of benzene rings is 4. The molecule has 0 bridgehead atoms. The first-order chi connectivity index (χ1) is 44.8. The molecule has 0 aromatic heterocycles. The summed E-state index contributed by atoms with van der Waals surface area (Å²) >= 11 is 0. The molecule has 18 N–H and O–H groups in total. The number of carboxylic acid groups (broad SMARTS) is 4. The monoisotopic (exact) mass is 1320 g/mol. The number of aliphatic imine (C=N–C) groups is 2. The largest absolute Gasteiger partial charge is 0.481 e. The average molecular weight is 1320 g/mol. The van der Waals surface area contributed by atoms with Gasteiger partial charge in [0.2, 0.25) is 23.6 Å². The summed E-state index contributed by atoms with van der Waals surface area (Å²) in [5, 5.41) is 50.9. The van der Waals surface area contributed by atoms with Crippen LogP contribution in [-0.4, -0.2) is 194 Å². The van der Waals surface area contributed by atoms with E-state index < -0.39 is 121 Å². The van der Waals surface area contributed by atoms with E-state index in [1.165, 1.54) is 97.1 Å². The minimum absolute atomic E-state index is 0.0509. The van der Waals surface area contributed by atoms with Gasteiger partial charge in [-0.15, -0.1) is 0 Å². The van der Waals surface area contributed by atoms with E-state index in [4.69, 9.17) is 60.8 Å². The molecule has 0 aliphatic carbocycles. The van der Waals surface area contributed by atoms with E-state index in [0.29, 0.717) is 22.5 Å². The summed E-state index contributed by atoms with van der Waals surface area (Å²) in [5.74, 6) is -11.8. The van der Waals surface area contributed by atoms with Crippen LogP contribution >= 0.6 is 0 Å². The van der Waals surface area contributed by atoms with Crippen molar-refractivity contribution >= 4 is 94.9 Å². The van der Waals surface area contributed by atoms with Gasteiger partial charge in [0.25, 0.3) is 0 Å². The molecular formula is C58H70N12O24. The second kappa shape index (κ2) is 40.3. The number of nitrogens with two attached hydrogens (primary N) is 4. The first-order valence-electron chi connectivity index (χ1n) is 28.1. The van der Waals surface area contributed by atoms with Crippen molar-refractivity contribution in [2.75, 3.05) is 65.9 Å². The quantitative estimate of drug-likeness (QED) is 0.00832. The molecule has 36 heteroatoms. The van der Waals surface area contributed by atoms with Gasteiger partial charge in [-0.25, -0.2) is 29.2 Å². The van der Waals surface area contributed by atoms with E-state index in [9.17, 15) is 78.0 Å². The standard InChI is InChI=1S/C58H70N12O24/c59-55(60)65-37-9-5-35(6-10-37)53(83)93-39-13-1-33(2-14-39)31-91-57(85)69-43(29-47(75)76)51(81)67-41(27-45(71)72)49(79)63-17-19-87-21-23-89-25-26-90-24-22-88-20-18-64-50(80)42(28-46(73)74)68-52(82)44(30-48(77)78)70-58(86)92-32-34-3-15-40(16-4-34)94-54(84)36-7-11-38(12-8-36)66-56(61)62/h1-16,41-44H,17-32H2,(H,63,79)(H,64,80)(H,67,81)(H,68,82)(H,69,85)(H,70,86)(H,71,72)(H,73,74)(H,75,76)(H,77,78)(H4,59,60,65)(H4,61,62,66)/t41-,42-,43-,44-/m0/s1. The van der Waals surface area contributed by atoms with Crippen molar-refractivity contribution in [1.82, 2.24) is 31.9 Å². The molecule has 6 amide bonds. The summed E-state index contributed by atoms with van der Waals surface area (Å²) in [6.45, 7) is -0.700. The lowest BCUT2D eigenvalue weighted by Crippen LogP contribution is -2.55. The van der Waals surface area contributed by atoms with Gasteiger partial charge in [0.05, 0.1) is 101 Å². The third-order valence-corrected chi connectivity index (χ3v) is 11.9. The Hall–Kier alpha value is -11.5. The van der Waals surface area contributed by atoms with Gasteiger partial charge in [-0.2, -0.15) is 0 Å². The lowest BCUT2D eigenvalue weighted by Gasteiger charge is -2.21. The Morgan fingerprint density at radius 1 is 0.372 bits per heavy atom. The molecule has 0 radical (unpaired) electrons. The number of nitrogens with zero attached hydrogens (tertiary/aromatic N) is 2. The van der Waals surface area contributed by atoms with E-state index in [2.05, 4.69) is 41.9 Å². The van der Waals surface area contributed by atoms with Gasteiger partial charge in [-0.05, 0) is 83.9 Å². The lowest BCUT2D eigenvalue weighted by atomic mass is 10.1. The number of rotatable bonds is 41. The van der Waals surface area contributed by atoms with Gasteiger partial charge in [0.1, 0.15) is 48.9 Å². The molecule has 506 valence electrons. The fourth-order valence-corrected chi connectivity index (χ4v) is 7.53. The fourth-order valence-electron chi connectivity index (χ4n) is 7.53. The first kappa shape index (κ1) is 75.0. The number of carbonyl (C=O) groups excluding carboxylic acids is 8. The van der Waals surface area contributed by atoms with E-state index in [1.54, 1.807) is 0 Å². The van der Waals surface area contributed by atoms with Gasteiger partial charge in [0.15, 0.2) is 11.9 Å². The third kappa shape index (κ3) is 30.3. The van der Waals surface area contributed by atoms with Crippen LogP contribution in [0.3, 0.4) is 0 Å². The molecular weight excluding hydrogens is 1250 g/mol. The summed E-state index contributed by atoms with van der Waals surface area (Å²) in [4.78, 5) is 157. The topological polar surface area (TPSA) is 561 Å². The number of ether oxygens (including phenoxy) is 8. The molecule has 0 saturated heterocycles. The summed E-state index contributed by atoms with van der Waals surface area (Å²) < 4.78 is 42.5. The van der Waals surface area contributed by atoms with Crippen LogP contribution in [0.4, 0.5) is 21.0 Å². The molecule has 0 fully saturated rings. The molecule has 0 aliphatic rings. The summed E-state index contributed by atoms with van der Waals surface area (Å²) in [6.07, 6.45) is -6.25. The fraction of sp³-hybridized carbons (Fsp3) is 0.345. The van der Waals surface area contributed by atoms with Crippen molar-refractivity contribution < 1.29 is 116 Å². The number of hydrogen-bond acceptors (Lipinski definition) is 22. The van der Waals surface area contributed by atoms with Gasteiger partial charge in [0, 0.05) is 13.1 Å². The molecule has 4 aromatic rings. The first-order valence-corrected chi connectivity index (χ1v) is 28.1. The van der Waals surface area contributed by atoms with E-state index in [0.717, 1.165) is 0 Å². The molecule has 0 heterocycles. The van der Waals surface area contributed by atoms with Crippen LogP contribution in [-0.2, 0) is 80.0 Å². The maximum absolute atomic E-state index is 13.1. The number of amides is 6. The Morgan fingerprint density at radius 2 is 0.660 bits per heavy atom. The average Bonchev–Trinajstić information content (AvgIpc) is 1.32. The van der Waals surface area contributed by atoms with E-state index in [1.807, 2.05) is 0 Å². The minimum atomic E-state index is -1.81. The van der Waals surface area contributed by atoms with Gasteiger partial charge < -0.3 is 113 Å². The smallest absolute Gasteiger partial charge is 0.408 e. The Morgan fingerprint density at radius 3 is 0.947 bits per heavy atom. The number of nitrogens with one attached hydrogen (secondary N) is 6. The Kier molecular flexibility index (Phi) is 32.1. The van der Waals surface area contributed by atoms with Crippen LogP contribution < -0.4 is 64.3 Å². The van der Waals surface area contributed by atoms with Crippen molar-refractivity contribution in [3.05, 3.63) is 119 Å². The van der Waals surface area contributed by atoms with Crippen molar-refractivity contribution in [2.45, 2.75) is 63.1 Å². The molecule has 4 aromatic carbocycles. The van der Waals surface area contributed by atoms with Crippen molar-refractivity contribution in [3.8, 4) is 11.5 Å². The normalized spacial score (nSPS) is 11.9. The number of carbonyl (C=O) groups is 12. The van der Waals surface area contributed by atoms with Gasteiger partial charge >= 0.3 is 48.0 Å². The summed E-state index contributed by atoms with van der Waals surface area (Å²) in [7, 11) is 0. The van der Waals surface area contributed by atoms with Crippen molar-refractivity contribution in [3.63, 3.8) is 0 Å². The number of aliphatic carboxylic acids is 4. The van der Waals surface area contributed by atoms with E-state index in [-0.39, 0.29) is 114 Å². The minimum Gasteiger partial charge on any atom is -0.481 e. The summed E-state index contributed by atoms with van der Waals surface area (Å²) in [6, 6.07) is 16.3. The highest BCUT2D eigenvalue weighted by Gasteiger charge is 2.32. The lowest BCUT2D eigenvalue weighted by molar-refractivity contribution is -0.142. The molecule has 0 saturated carbocycles. The van der Waals surface area contributed by atoms with Gasteiger partial charge in [-0.1, -0.05) is 24.3 Å². The highest BCUT2D eigenvalue weighted by atomic mass is 16.6. The maximum atomic E-state index is 13.1. The molecule has 4 atom stereocenters. The number of hydrogen-bond donors (Lipinski definition) is 14. The molecule has 0 spiro atoms. The Labute approximate surface area is 533 Å². The van der Waals surface area contributed by atoms with Crippen LogP contribution in [0.5, 0.6) is 11.5 Å². The highest BCUT2D eigenvalue weighted by Crippen LogP contribution is 2.20. The van der Waals surface area contributed by atoms with Crippen LogP contribution in [0.2, 0.25) is 0 Å².